The smallest absolute Gasteiger partial charge is 0.277 e. The minimum absolute atomic E-state index is 0.0697. The molecule has 0 bridgehead atoms. The molecular weight excluding hydrogens is 390 g/mol. The number of rotatable bonds is 7. The molecule has 7 nitrogen and oxygen atoms in total. The van der Waals surface area contributed by atoms with Crippen molar-refractivity contribution in [1.29, 1.82) is 0 Å². The lowest BCUT2D eigenvalue weighted by Gasteiger charge is -2.22. The number of benzene rings is 1. The Bertz CT molecular complexity index is 820. The molecule has 2 amide bonds. The maximum atomic E-state index is 13.6. The molecular formula is C18H20F2N4O3S. The van der Waals surface area contributed by atoms with E-state index in [1.807, 2.05) is 0 Å². The first-order chi connectivity index (χ1) is 13.5. The predicted molar refractivity (Wildman–Crippen MR) is 97.6 cm³/mol. The van der Waals surface area contributed by atoms with Crippen LogP contribution in [0.1, 0.15) is 48.4 Å². The van der Waals surface area contributed by atoms with Gasteiger partial charge in [0.05, 0.1) is 12.3 Å². The zero-order valence-corrected chi connectivity index (χ0v) is 15.9. The Morgan fingerprint density at radius 1 is 1.14 bits per heavy atom. The van der Waals surface area contributed by atoms with E-state index >= 15 is 0 Å². The fourth-order valence-corrected chi connectivity index (χ4v) is 3.56. The summed E-state index contributed by atoms with van der Waals surface area (Å²) >= 11 is 1.09. The average Bonchev–Trinajstić information content (AvgIpc) is 3.13. The van der Waals surface area contributed by atoms with Gasteiger partial charge in [-0.25, -0.2) is 8.78 Å². The van der Waals surface area contributed by atoms with Gasteiger partial charge in [0.15, 0.2) is 0 Å². The van der Waals surface area contributed by atoms with Crippen LogP contribution in [0.15, 0.2) is 27.8 Å². The summed E-state index contributed by atoms with van der Waals surface area (Å²) in [5.74, 6) is -2.72. The summed E-state index contributed by atoms with van der Waals surface area (Å²) in [4.78, 5) is 23.9. The maximum absolute atomic E-state index is 13.6. The number of hydrogen-bond acceptors (Lipinski definition) is 6. The second-order valence-electron chi connectivity index (χ2n) is 6.43. The van der Waals surface area contributed by atoms with Crippen molar-refractivity contribution in [1.82, 2.24) is 20.8 Å². The van der Waals surface area contributed by atoms with E-state index in [1.165, 1.54) is 12.5 Å². The molecule has 0 atom stereocenters. The summed E-state index contributed by atoms with van der Waals surface area (Å²) in [6, 6.07) is 3.40. The molecule has 1 heterocycles. The standard InChI is InChI=1S/C18H20F2N4O3S/c19-12-7-4-8-13(20)16(12)17(26)21-9-15-23-24-18(27-15)28-10-14(25)22-11-5-2-1-3-6-11/h4,7-8,11H,1-3,5-6,9-10H2,(H,21,26)(H,22,25). The van der Waals surface area contributed by atoms with Gasteiger partial charge >= 0.3 is 0 Å². The second-order valence-corrected chi connectivity index (χ2v) is 7.36. The first-order valence-electron chi connectivity index (χ1n) is 8.99. The number of carbonyl (C=O) groups excluding carboxylic acids is 2. The molecule has 10 heteroatoms. The first kappa shape index (κ1) is 20.2. The lowest BCUT2D eigenvalue weighted by Crippen LogP contribution is -2.37. The molecule has 0 spiro atoms. The second kappa shape index (κ2) is 9.63. The number of nitrogens with zero attached hydrogens (tertiary/aromatic N) is 2. The fraction of sp³-hybridized carbons (Fsp3) is 0.444. The van der Waals surface area contributed by atoms with E-state index in [1.54, 1.807) is 0 Å². The van der Waals surface area contributed by atoms with Gasteiger partial charge in [-0.05, 0) is 25.0 Å². The number of thioether (sulfide) groups is 1. The van der Waals surface area contributed by atoms with Crippen molar-refractivity contribution in [2.75, 3.05) is 5.75 Å². The Kier molecular flexibility index (Phi) is 6.96. The summed E-state index contributed by atoms with van der Waals surface area (Å²) in [5.41, 5.74) is -0.670. The van der Waals surface area contributed by atoms with Gasteiger partial charge in [-0.2, -0.15) is 0 Å². The van der Waals surface area contributed by atoms with Crippen molar-refractivity contribution in [2.24, 2.45) is 0 Å². The third kappa shape index (κ3) is 5.51. The van der Waals surface area contributed by atoms with Crippen molar-refractivity contribution in [3.8, 4) is 0 Å². The minimum Gasteiger partial charge on any atom is -0.414 e. The van der Waals surface area contributed by atoms with Gasteiger partial charge in [0.2, 0.25) is 11.8 Å². The quantitative estimate of drug-likeness (QED) is 0.682. The Morgan fingerprint density at radius 3 is 2.57 bits per heavy atom. The highest BCUT2D eigenvalue weighted by atomic mass is 32.2. The van der Waals surface area contributed by atoms with E-state index < -0.39 is 23.1 Å². The van der Waals surface area contributed by atoms with Crippen molar-refractivity contribution in [2.45, 2.75) is 49.9 Å². The highest BCUT2D eigenvalue weighted by Gasteiger charge is 2.19. The molecule has 1 aromatic carbocycles. The summed E-state index contributed by atoms with van der Waals surface area (Å²) in [5, 5.41) is 13.0. The van der Waals surface area contributed by atoms with Crippen LogP contribution in [0.3, 0.4) is 0 Å². The van der Waals surface area contributed by atoms with Gasteiger partial charge < -0.3 is 15.1 Å². The Hall–Kier alpha value is -2.49. The number of nitrogens with one attached hydrogen (secondary N) is 2. The predicted octanol–water partition coefficient (Wildman–Crippen LogP) is 2.82. The molecule has 1 aliphatic carbocycles. The number of amides is 2. The molecule has 0 aliphatic heterocycles. The van der Waals surface area contributed by atoms with Gasteiger partial charge in [0.1, 0.15) is 17.2 Å². The normalized spacial score (nSPS) is 14.6. The van der Waals surface area contributed by atoms with Gasteiger partial charge in [-0.15, -0.1) is 10.2 Å². The minimum atomic E-state index is -0.955. The largest absolute Gasteiger partial charge is 0.414 e. The Morgan fingerprint density at radius 2 is 1.86 bits per heavy atom. The molecule has 3 rings (SSSR count). The van der Waals surface area contributed by atoms with Crippen LogP contribution >= 0.6 is 11.8 Å². The van der Waals surface area contributed by atoms with Crippen LogP contribution in [-0.4, -0.2) is 33.8 Å². The van der Waals surface area contributed by atoms with Crippen LogP contribution < -0.4 is 10.6 Å². The summed E-state index contributed by atoms with van der Waals surface area (Å²) < 4.78 is 32.5. The summed E-state index contributed by atoms with van der Waals surface area (Å²) in [6.45, 7) is -0.186. The number of halogens is 2. The van der Waals surface area contributed by atoms with Crippen molar-refractivity contribution < 1.29 is 22.8 Å². The van der Waals surface area contributed by atoms with Crippen molar-refractivity contribution >= 4 is 23.6 Å². The molecule has 0 saturated heterocycles. The van der Waals surface area contributed by atoms with Crippen LogP contribution in [0.25, 0.3) is 0 Å². The van der Waals surface area contributed by atoms with E-state index in [-0.39, 0.29) is 35.4 Å². The molecule has 2 N–H and O–H groups in total. The first-order valence-corrected chi connectivity index (χ1v) is 9.98. The molecule has 150 valence electrons. The molecule has 1 saturated carbocycles. The van der Waals surface area contributed by atoms with E-state index in [9.17, 15) is 18.4 Å². The zero-order chi connectivity index (χ0) is 19.9. The topological polar surface area (TPSA) is 97.1 Å². The lowest BCUT2D eigenvalue weighted by molar-refractivity contribution is -0.119. The van der Waals surface area contributed by atoms with Gasteiger partial charge in [0.25, 0.3) is 11.1 Å². The van der Waals surface area contributed by atoms with Crippen LogP contribution in [-0.2, 0) is 11.3 Å². The maximum Gasteiger partial charge on any atom is 0.277 e. The third-order valence-corrected chi connectivity index (χ3v) is 5.15. The molecule has 1 fully saturated rings. The number of carbonyl (C=O) groups is 2. The highest BCUT2D eigenvalue weighted by molar-refractivity contribution is 7.99. The van der Waals surface area contributed by atoms with Crippen molar-refractivity contribution in [3.63, 3.8) is 0 Å². The fourth-order valence-electron chi connectivity index (χ4n) is 2.97. The molecule has 2 aromatic rings. The summed E-state index contributed by atoms with van der Waals surface area (Å²) in [7, 11) is 0. The molecule has 1 aliphatic rings. The monoisotopic (exact) mass is 410 g/mol. The molecule has 0 radical (unpaired) electrons. The van der Waals surface area contributed by atoms with Gasteiger partial charge in [0, 0.05) is 6.04 Å². The number of aromatic nitrogens is 2. The van der Waals surface area contributed by atoms with E-state index in [0.29, 0.717) is 0 Å². The van der Waals surface area contributed by atoms with E-state index in [0.717, 1.165) is 49.6 Å². The average molecular weight is 410 g/mol. The van der Waals surface area contributed by atoms with Crippen LogP contribution in [0, 0.1) is 11.6 Å². The number of hydrogen-bond donors (Lipinski definition) is 2. The highest BCUT2D eigenvalue weighted by Crippen LogP contribution is 2.19. The van der Waals surface area contributed by atoms with Gasteiger partial charge in [-0.3, -0.25) is 9.59 Å². The molecule has 1 aromatic heterocycles. The SMILES string of the molecule is O=C(CSc1nnc(CNC(=O)c2c(F)cccc2F)o1)NC1CCCCC1. The van der Waals surface area contributed by atoms with Crippen molar-refractivity contribution in [3.05, 3.63) is 41.3 Å². The Balaban J connectivity index is 1.45. The van der Waals surface area contributed by atoms with E-state index in [2.05, 4.69) is 20.8 Å². The molecule has 0 unspecified atom stereocenters. The Labute approximate surface area is 164 Å². The summed E-state index contributed by atoms with van der Waals surface area (Å²) in [6.07, 6.45) is 5.49. The van der Waals surface area contributed by atoms with E-state index in [4.69, 9.17) is 4.42 Å². The van der Waals surface area contributed by atoms with Gasteiger partial charge in [-0.1, -0.05) is 37.1 Å². The zero-order valence-electron chi connectivity index (χ0n) is 15.0. The van der Waals surface area contributed by atoms with Crippen LogP contribution in [0.5, 0.6) is 0 Å². The van der Waals surface area contributed by atoms with Crippen LogP contribution in [0.4, 0.5) is 8.78 Å². The van der Waals surface area contributed by atoms with Crippen LogP contribution in [0.2, 0.25) is 0 Å². The lowest BCUT2D eigenvalue weighted by atomic mass is 9.95. The molecule has 28 heavy (non-hydrogen) atoms. The third-order valence-electron chi connectivity index (χ3n) is 4.34.